The van der Waals surface area contributed by atoms with Gasteiger partial charge in [0, 0.05) is 12.8 Å². The number of hydrogen-bond acceptors (Lipinski definition) is 3. The minimum Gasteiger partial charge on any atom is -0.481 e. The smallest absolute Gasteiger partial charge is 0.306 e. The molecule has 0 aromatic rings. The van der Waals surface area contributed by atoms with Crippen molar-refractivity contribution >= 4 is 11.9 Å². The standard InChI is InChI=1S/C42H74O4/c1-3-5-6-7-8-9-10-11-12-13-14-15-16-17-18-19-24-27-30-33-36-39-42(45)46-40(4-2)37-34-31-28-25-22-20-21-23-26-29-32-35-38-41(43)44/h8-9,11-12,14-15,17-18,40H,3-7,10,13,16,19-39H2,1-2H3,(H,43,44)/b9-8-,12-11-,15-14-,18-17-. The second-order valence-electron chi connectivity index (χ2n) is 13.1. The average molecular weight is 643 g/mol. The van der Waals surface area contributed by atoms with E-state index in [4.69, 9.17) is 9.84 Å². The molecule has 0 heterocycles. The molecule has 0 amide bonds. The molecule has 0 aromatic heterocycles. The molecule has 0 saturated carbocycles. The van der Waals surface area contributed by atoms with Crippen molar-refractivity contribution in [2.24, 2.45) is 0 Å². The summed E-state index contributed by atoms with van der Waals surface area (Å²) in [6.07, 6.45) is 50.7. The maximum atomic E-state index is 12.3. The summed E-state index contributed by atoms with van der Waals surface area (Å²) in [5.41, 5.74) is 0. The second kappa shape index (κ2) is 37.4. The zero-order valence-corrected chi connectivity index (χ0v) is 30.4. The zero-order chi connectivity index (χ0) is 33.6. The van der Waals surface area contributed by atoms with Crippen LogP contribution in [0, 0.1) is 0 Å². The summed E-state index contributed by atoms with van der Waals surface area (Å²) in [6.45, 7) is 4.38. The van der Waals surface area contributed by atoms with Gasteiger partial charge in [-0.25, -0.2) is 0 Å². The third kappa shape index (κ3) is 36.4. The van der Waals surface area contributed by atoms with Crippen LogP contribution in [0.4, 0.5) is 0 Å². The summed E-state index contributed by atoms with van der Waals surface area (Å²) in [7, 11) is 0. The van der Waals surface area contributed by atoms with Gasteiger partial charge in [0.1, 0.15) is 6.10 Å². The molecule has 1 atom stereocenters. The first-order valence-corrected chi connectivity index (χ1v) is 19.6. The van der Waals surface area contributed by atoms with Gasteiger partial charge in [0.2, 0.25) is 0 Å². The molecule has 0 aromatic carbocycles. The van der Waals surface area contributed by atoms with Crippen LogP contribution in [-0.2, 0) is 14.3 Å². The third-order valence-electron chi connectivity index (χ3n) is 8.63. The van der Waals surface area contributed by atoms with Gasteiger partial charge in [-0.1, -0.05) is 159 Å². The van der Waals surface area contributed by atoms with Gasteiger partial charge in [0.25, 0.3) is 0 Å². The number of hydrogen-bond donors (Lipinski definition) is 1. The maximum absolute atomic E-state index is 12.3. The number of ether oxygens (including phenoxy) is 1. The van der Waals surface area contributed by atoms with Crippen molar-refractivity contribution in [1.82, 2.24) is 0 Å². The Labute approximate surface area is 285 Å². The van der Waals surface area contributed by atoms with E-state index in [-0.39, 0.29) is 12.1 Å². The van der Waals surface area contributed by atoms with Gasteiger partial charge < -0.3 is 9.84 Å². The first-order valence-electron chi connectivity index (χ1n) is 19.6. The Kier molecular flexibility index (Phi) is 35.7. The third-order valence-corrected chi connectivity index (χ3v) is 8.63. The molecule has 0 aliphatic carbocycles. The SMILES string of the molecule is CCCCC/C=C\C/C=C\C/C=C\C/C=C\CCCCCCCC(=O)OC(CC)CCCCCCCCCCCCCCC(=O)O. The van der Waals surface area contributed by atoms with Crippen molar-refractivity contribution in [3.8, 4) is 0 Å². The molecule has 4 nitrogen and oxygen atoms in total. The summed E-state index contributed by atoms with van der Waals surface area (Å²) < 4.78 is 5.77. The van der Waals surface area contributed by atoms with Crippen molar-refractivity contribution < 1.29 is 19.4 Å². The largest absolute Gasteiger partial charge is 0.481 e. The fraction of sp³-hybridized carbons (Fsp3) is 0.762. The lowest BCUT2D eigenvalue weighted by Crippen LogP contribution is -2.17. The Morgan fingerprint density at radius 2 is 0.891 bits per heavy atom. The molecule has 1 N–H and O–H groups in total. The average Bonchev–Trinajstić information content (AvgIpc) is 3.04. The predicted molar refractivity (Wildman–Crippen MR) is 199 cm³/mol. The summed E-state index contributed by atoms with van der Waals surface area (Å²) in [5, 5.41) is 8.66. The number of allylic oxidation sites excluding steroid dienone is 8. The number of aliphatic carboxylic acids is 1. The van der Waals surface area contributed by atoms with Crippen molar-refractivity contribution in [2.45, 2.75) is 206 Å². The predicted octanol–water partition coefficient (Wildman–Crippen LogP) is 13.6. The van der Waals surface area contributed by atoms with E-state index in [2.05, 4.69) is 62.5 Å². The van der Waals surface area contributed by atoms with Gasteiger partial charge in [-0.3, -0.25) is 9.59 Å². The van der Waals surface area contributed by atoms with Crippen molar-refractivity contribution in [1.29, 1.82) is 0 Å². The van der Waals surface area contributed by atoms with Gasteiger partial charge in [-0.2, -0.15) is 0 Å². The van der Waals surface area contributed by atoms with Gasteiger partial charge in [0.15, 0.2) is 0 Å². The van der Waals surface area contributed by atoms with Crippen LogP contribution in [0.5, 0.6) is 0 Å². The fourth-order valence-corrected chi connectivity index (χ4v) is 5.63. The molecular weight excluding hydrogens is 568 g/mol. The van der Waals surface area contributed by atoms with Crippen molar-refractivity contribution in [2.75, 3.05) is 0 Å². The molecule has 266 valence electrons. The minimum absolute atomic E-state index is 0.00476. The summed E-state index contributed by atoms with van der Waals surface area (Å²) in [6, 6.07) is 0. The highest BCUT2D eigenvalue weighted by Gasteiger charge is 2.12. The second-order valence-corrected chi connectivity index (χ2v) is 13.1. The zero-order valence-electron chi connectivity index (χ0n) is 30.4. The number of rotatable bonds is 35. The van der Waals surface area contributed by atoms with Crippen LogP contribution in [0.25, 0.3) is 0 Å². The Morgan fingerprint density at radius 1 is 0.500 bits per heavy atom. The van der Waals surface area contributed by atoms with Gasteiger partial charge in [-0.05, 0) is 77.0 Å². The molecule has 0 radical (unpaired) electrons. The topological polar surface area (TPSA) is 63.6 Å². The highest BCUT2D eigenvalue weighted by molar-refractivity contribution is 5.69. The van der Waals surface area contributed by atoms with E-state index < -0.39 is 5.97 Å². The van der Waals surface area contributed by atoms with Crippen LogP contribution in [-0.4, -0.2) is 23.1 Å². The van der Waals surface area contributed by atoms with E-state index >= 15 is 0 Å². The number of carbonyl (C=O) groups excluding carboxylic acids is 1. The summed E-state index contributed by atoms with van der Waals surface area (Å²) >= 11 is 0. The lowest BCUT2D eigenvalue weighted by molar-refractivity contribution is -0.149. The number of carbonyl (C=O) groups is 2. The first-order chi connectivity index (χ1) is 22.6. The Bertz CT molecular complexity index is 779. The van der Waals surface area contributed by atoms with Gasteiger partial charge >= 0.3 is 11.9 Å². The minimum atomic E-state index is -0.673. The molecule has 1 unspecified atom stereocenters. The van der Waals surface area contributed by atoms with E-state index in [0.717, 1.165) is 70.6 Å². The van der Waals surface area contributed by atoms with E-state index in [9.17, 15) is 9.59 Å². The van der Waals surface area contributed by atoms with Crippen LogP contribution in [0.15, 0.2) is 48.6 Å². The van der Waals surface area contributed by atoms with Crippen LogP contribution < -0.4 is 0 Å². The maximum Gasteiger partial charge on any atom is 0.306 e. The van der Waals surface area contributed by atoms with E-state index in [1.807, 2.05) is 0 Å². The van der Waals surface area contributed by atoms with Gasteiger partial charge in [-0.15, -0.1) is 0 Å². The van der Waals surface area contributed by atoms with E-state index in [1.54, 1.807) is 0 Å². The molecule has 46 heavy (non-hydrogen) atoms. The molecule has 0 aliphatic rings. The highest BCUT2D eigenvalue weighted by Crippen LogP contribution is 2.16. The molecule has 0 aliphatic heterocycles. The molecule has 0 spiro atoms. The molecular formula is C42H74O4. The Balaban J connectivity index is 3.52. The van der Waals surface area contributed by atoms with Crippen LogP contribution in [0.2, 0.25) is 0 Å². The molecule has 0 bridgehead atoms. The monoisotopic (exact) mass is 643 g/mol. The first kappa shape index (κ1) is 43.9. The Hall–Kier alpha value is -2.10. The lowest BCUT2D eigenvalue weighted by Gasteiger charge is -2.16. The van der Waals surface area contributed by atoms with E-state index in [0.29, 0.717) is 12.8 Å². The number of carboxylic acids is 1. The molecule has 4 heteroatoms. The number of carboxylic acid groups (broad SMARTS) is 1. The van der Waals surface area contributed by atoms with Crippen LogP contribution in [0.3, 0.4) is 0 Å². The lowest BCUT2D eigenvalue weighted by atomic mass is 10.0. The summed E-state index contributed by atoms with van der Waals surface area (Å²) in [5.74, 6) is -0.678. The Morgan fingerprint density at radius 3 is 1.35 bits per heavy atom. The van der Waals surface area contributed by atoms with E-state index in [1.165, 1.54) is 103 Å². The van der Waals surface area contributed by atoms with Crippen LogP contribution >= 0.6 is 0 Å². The van der Waals surface area contributed by atoms with Gasteiger partial charge in [0.05, 0.1) is 0 Å². The molecule has 0 fully saturated rings. The quantitative estimate of drug-likeness (QED) is 0.0424. The fourth-order valence-electron chi connectivity index (χ4n) is 5.63. The normalized spacial score (nSPS) is 12.7. The van der Waals surface area contributed by atoms with Crippen molar-refractivity contribution in [3.63, 3.8) is 0 Å². The van der Waals surface area contributed by atoms with Crippen molar-refractivity contribution in [3.05, 3.63) is 48.6 Å². The number of unbranched alkanes of at least 4 members (excludes halogenated alkanes) is 19. The summed E-state index contributed by atoms with van der Waals surface area (Å²) in [4.78, 5) is 22.8. The molecule has 0 saturated heterocycles. The van der Waals surface area contributed by atoms with Crippen LogP contribution in [0.1, 0.15) is 200 Å². The highest BCUT2D eigenvalue weighted by atomic mass is 16.5. The number of esters is 1. The molecule has 0 rings (SSSR count).